The molecular formula is C12H16BrClFN. The van der Waals surface area contributed by atoms with Gasteiger partial charge in [-0.15, -0.1) is 0 Å². The Kier molecular flexibility index (Phi) is 6.32. The van der Waals surface area contributed by atoms with Crippen molar-refractivity contribution >= 4 is 27.5 Å². The van der Waals surface area contributed by atoms with Gasteiger partial charge in [-0.2, -0.15) is 0 Å². The van der Waals surface area contributed by atoms with Gasteiger partial charge < -0.3 is 5.32 Å². The maximum atomic E-state index is 13.1. The lowest BCUT2D eigenvalue weighted by atomic mass is 10.2. The Balaban J connectivity index is 2.29. The van der Waals surface area contributed by atoms with Gasteiger partial charge in [-0.3, -0.25) is 0 Å². The van der Waals surface area contributed by atoms with Crippen molar-refractivity contribution < 1.29 is 4.39 Å². The van der Waals surface area contributed by atoms with Gasteiger partial charge in [0.1, 0.15) is 5.82 Å². The Morgan fingerprint density at radius 3 is 2.88 bits per heavy atom. The first-order valence-corrected chi connectivity index (χ1v) is 6.71. The van der Waals surface area contributed by atoms with Crippen LogP contribution in [-0.4, -0.2) is 11.4 Å². The molecule has 0 fully saturated rings. The van der Waals surface area contributed by atoms with E-state index in [4.69, 9.17) is 11.6 Å². The monoisotopic (exact) mass is 307 g/mol. The molecule has 16 heavy (non-hydrogen) atoms. The number of benzene rings is 1. The number of nitrogens with one attached hydrogen (secondary N) is 1. The summed E-state index contributed by atoms with van der Waals surface area (Å²) in [6.45, 7) is 3.75. The van der Waals surface area contributed by atoms with Crippen LogP contribution in [0.15, 0.2) is 18.2 Å². The van der Waals surface area contributed by atoms with Crippen LogP contribution < -0.4 is 5.32 Å². The molecule has 1 nitrogen and oxygen atoms in total. The van der Waals surface area contributed by atoms with Crippen molar-refractivity contribution in [3.05, 3.63) is 34.6 Å². The lowest BCUT2D eigenvalue weighted by molar-refractivity contribution is 0.611. The van der Waals surface area contributed by atoms with Crippen molar-refractivity contribution in [2.75, 3.05) is 6.54 Å². The first-order chi connectivity index (χ1) is 7.63. The maximum Gasteiger partial charge on any atom is 0.142 e. The number of alkyl halides is 1. The summed E-state index contributed by atoms with van der Waals surface area (Å²) in [6.07, 6.45) is 2.20. The van der Waals surface area contributed by atoms with Crippen molar-refractivity contribution in [3.8, 4) is 0 Å². The first kappa shape index (κ1) is 13.9. The lowest BCUT2D eigenvalue weighted by Crippen LogP contribution is -2.17. The lowest BCUT2D eigenvalue weighted by Gasteiger charge is -2.08. The Morgan fingerprint density at radius 2 is 2.25 bits per heavy atom. The van der Waals surface area contributed by atoms with Gasteiger partial charge >= 0.3 is 0 Å². The van der Waals surface area contributed by atoms with E-state index < -0.39 is 0 Å². The largest absolute Gasteiger partial charge is 0.313 e. The van der Waals surface area contributed by atoms with Gasteiger partial charge in [0.2, 0.25) is 0 Å². The van der Waals surface area contributed by atoms with Crippen LogP contribution in [0.3, 0.4) is 0 Å². The quantitative estimate of drug-likeness (QED) is 0.615. The molecule has 0 aliphatic heterocycles. The Morgan fingerprint density at radius 1 is 1.50 bits per heavy atom. The molecule has 1 aromatic rings. The van der Waals surface area contributed by atoms with Crippen LogP contribution in [0.5, 0.6) is 0 Å². The van der Waals surface area contributed by atoms with Gasteiger partial charge in [0, 0.05) is 11.4 Å². The molecule has 0 amide bonds. The van der Waals surface area contributed by atoms with Gasteiger partial charge in [-0.05, 0) is 37.1 Å². The summed E-state index contributed by atoms with van der Waals surface area (Å²) < 4.78 is 13.1. The van der Waals surface area contributed by atoms with E-state index in [1.165, 1.54) is 6.07 Å². The van der Waals surface area contributed by atoms with Crippen LogP contribution in [0.1, 0.15) is 25.3 Å². The van der Waals surface area contributed by atoms with Crippen LogP contribution in [0, 0.1) is 5.82 Å². The molecule has 0 spiro atoms. The topological polar surface area (TPSA) is 12.0 Å². The normalized spacial score (nSPS) is 12.8. The second kappa shape index (κ2) is 7.25. The molecule has 1 aromatic carbocycles. The second-order valence-corrected chi connectivity index (χ2v) is 5.42. The van der Waals surface area contributed by atoms with Crippen molar-refractivity contribution in [1.29, 1.82) is 0 Å². The van der Waals surface area contributed by atoms with Crippen LogP contribution >= 0.6 is 27.5 Å². The standard InChI is InChI=1S/C12H16BrClFN/c1-2-10(13)5-6-16-8-9-3-4-11(14)12(15)7-9/h3-4,7,10,16H,2,5-6,8H2,1H3. The number of hydrogen-bond acceptors (Lipinski definition) is 1. The fourth-order valence-electron chi connectivity index (χ4n) is 1.35. The average Bonchev–Trinajstić information content (AvgIpc) is 2.28. The van der Waals surface area contributed by atoms with Crippen molar-refractivity contribution in [2.24, 2.45) is 0 Å². The zero-order valence-electron chi connectivity index (χ0n) is 9.27. The predicted molar refractivity (Wildman–Crippen MR) is 70.7 cm³/mol. The Bertz CT molecular complexity index is 333. The van der Waals surface area contributed by atoms with Crippen LogP contribution in [0.25, 0.3) is 0 Å². The summed E-state index contributed by atoms with van der Waals surface area (Å²) in [7, 11) is 0. The Hall–Kier alpha value is -0.120. The molecule has 1 rings (SSSR count). The van der Waals surface area contributed by atoms with E-state index in [2.05, 4.69) is 28.2 Å². The molecule has 0 radical (unpaired) electrons. The van der Waals surface area contributed by atoms with E-state index in [0.29, 0.717) is 11.4 Å². The third-order valence-electron chi connectivity index (χ3n) is 2.39. The highest BCUT2D eigenvalue weighted by Crippen LogP contribution is 2.15. The van der Waals surface area contributed by atoms with Gasteiger partial charge in [0.05, 0.1) is 5.02 Å². The van der Waals surface area contributed by atoms with E-state index in [0.717, 1.165) is 24.9 Å². The predicted octanol–water partition coefficient (Wildman–Crippen LogP) is 4.13. The minimum absolute atomic E-state index is 0.176. The molecule has 0 saturated heterocycles. The zero-order valence-corrected chi connectivity index (χ0v) is 11.6. The van der Waals surface area contributed by atoms with Crippen LogP contribution in [0.2, 0.25) is 5.02 Å². The number of rotatable bonds is 6. The highest BCUT2D eigenvalue weighted by molar-refractivity contribution is 9.09. The molecule has 0 bridgehead atoms. The summed E-state index contributed by atoms with van der Waals surface area (Å²) in [6, 6.07) is 4.90. The summed E-state index contributed by atoms with van der Waals surface area (Å²) in [4.78, 5) is 0.557. The molecule has 1 atom stereocenters. The van der Waals surface area contributed by atoms with Crippen molar-refractivity contribution in [2.45, 2.75) is 31.1 Å². The minimum Gasteiger partial charge on any atom is -0.313 e. The maximum absolute atomic E-state index is 13.1. The summed E-state index contributed by atoms with van der Waals surface area (Å²) in [5, 5.41) is 3.45. The number of hydrogen-bond donors (Lipinski definition) is 1. The third-order valence-corrected chi connectivity index (χ3v) is 3.80. The molecule has 0 heterocycles. The molecule has 4 heteroatoms. The van der Waals surface area contributed by atoms with E-state index in [1.807, 2.05) is 6.07 Å². The summed E-state index contributed by atoms with van der Waals surface area (Å²) >= 11 is 9.17. The molecule has 0 aliphatic carbocycles. The van der Waals surface area contributed by atoms with Crippen LogP contribution in [-0.2, 0) is 6.54 Å². The Labute approximate surface area is 110 Å². The van der Waals surface area contributed by atoms with E-state index in [9.17, 15) is 4.39 Å². The highest BCUT2D eigenvalue weighted by atomic mass is 79.9. The minimum atomic E-state index is -0.354. The van der Waals surface area contributed by atoms with E-state index in [-0.39, 0.29) is 10.8 Å². The van der Waals surface area contributed by atoms with Crippen LogP contribution in [0.4, 0.5) is 4.39 Å². The number of halogens is 3. The third kappa shape index (κ3) is 4.81. The molecule has 0 aliphatic rings. The van der Waals surface area contributed by atoms with Gasteiger partial charge in [0.25, 0.3) is 0 Å². The molecule has 90 valence electrons. The van der Waals surface area contributed by atoms with E-state index >= 15 is 0 Å². The smallest absolute Gasteiger partial charge is 0.142 e. The van der Waals surface area contributed by atoms with Gasteiger partial charge in [-0.25, -0.2) is 4.39 Å². The van der Waals surface area contributed by atoms with Gasteiger partial charge in [-0.1, -0.05) is 40.5 Å². The van der Waals surface area contributed by atoms with Crippen molar-refractivity contribution in [3.63, 3.8) is 0 Å². The molecule has 0 saturated carbocycles. The second-order valence-electron chi connectivity index (χ2n) is 3.72. The SMILES string of the molecule is CCC(Br)CCNCc1ccc(Cl)c(F)c1. The molecule has 1 N–H and O–H groups in total. The van der Waals surface area contributed by atoms with Gasteiger partial charge in [0.15, 0.2) is 0 Å². The van der Waals surface area contributed by atoms with Crippen molar-refractivity contribution in [1.82, 2.24) is 5.32 Å². The molecule has 0 aromatic heterocycles. The average molecular weight is 309 g/mol. The highest BCUT2D eigenvalue weighted by Gasteiger charge is 2.02. The fraction of sp³-hybridized carbons (Fsp3) is 0.500. The zero-order chi connectivity index (χ0) is 12.0. The summed E-state index contributed by atoms with van der Waals surface area (Å²) in [5.41, 5.74) is 0.921. The molecular weight excluding hydrogens is 292 g/mol. The molecule has 1 unspecified atom stereocenters. The van der Waals surface area contributed by atoms with E-state index in [1.54, 1.807) is 6.07 Å². The fourth-order valence-corrected chi connectivity index (χ4v) is 1.69. The first-order valence-electron chi connectivity index (χ1n) is 5.42. The summed E-state index contributed by atoms with van der Waals surface area (Å²) in [5.74, 6) is -0.354.